The standard InChI is InChI=1S/C15H17N5OS/c1-2-13-17-14(19-18-13)11-9-20(7-8-21-11)15-16-10-5-3-4-6-12(10)22-15/h3-6,11H,2,7-9H2,1H3,(H,17,18,19). The van der Waals surface area contributed by atoms with E-state index in [0.717, 1.165) is 41.8 Å². The van der Waals surface area contributed by atoms with Crippen LogP contribution in [0.2, 0.25) is 0 Å². The summed E-state index contributed by atoms with van der Waals surface area (Å²) in [6.45, 7) is 4.30. The van der Waals surface area contributed by atoms with Crippen LogP contribution in [-0.4, -0.2) is 39.9 Å². The predicted octanol–water partition coefficient (Wildman–Crippen LogP) is 2.55. The third kappa shape index (κ3) is 2.46. The van der Waals surface area contributed by atoms with E-state index in [2.05, 4.69) is 39.1 Å². The van der Waals surface area contributed by atoms with Crippen LogP contribution in [0.1, 0.15) is 24.7 Å². The number of benzene rings is 1. The maximum absolute atomic E-state index is 5.84. The van der Waals surface area contributed by atoms with E-state index in [-0.39, 0.29) is 6.10 Å². The highest BCUT2D eigenvalue weighted by Gasteiger charge is 2.27. The Bertz CT molecular complexity index is 750. The first-order valence-corrected chi connectivity index (χ1v) is 8.28. The Labute approximate surface area is 132 Å². The number of aromatic nitrogens is 4. The molecule has 3 heterocycles. The fourth-order valence-electron chi connectivity index (χ4n) is 2.59. The molecule has 1 aliphatic rings. The maximum Gasteiger partial charge on any atom is 0.186 e. The SMILES string of the molecule is CCc1nc(C2CN(c3nc4ccccc4s3)CCO2)n[nH]1. The Morgan fingerprint density at radius 2 is 2.27 bits per heavy atom. The predicted molar refractivity (Wildman–Crippen MR) is 86.3 cm³/mol. The monoisotopic (exact) mass is 315 g/mol. The molecule has 0 bridgehead atoms. The number of hydrogen-bond donors (Lipinski definition) is 1. The van der Waals surface area contributed by atoms with Crippen molar-refractivity contribution in [2.24, 2.45) is 0 Å². The van der Waals surface area contributed by atoms with Crippen LogP contribution in [0.25, 0.3) is 10.2 Å². The first-order valence-electron chi connectivity index (χ1n) is 7.47. The van der Waals surface area contributed by atoms with Crippen molar-refractivity contribution in [1.82, 2.24) is 20.2 Å². The van der Waals surface area contributed by atoms with Crippen molar-refractivity contribution >= 4 is 26.7 Å². The number of aryl methyl sites for hydroxylation is 1. The minimum Gasteiger partial charge on any atom is -0.366 e. The van der Waals surface area contributed by atoms with E-state index in [1.54, 1.807) is 11.3 Å². The number of aromatic amines is 1. The van der Waals surface area contributed by atoms with Gasteiger partial charge < -0.3 is 9.64 Å². The molecule has 0 amide bonds. The van der Waals surface area contributed by atoms with Gasteiger partial charge >= 0.3 is 0 Å². The summed E-state index contributed by atoms with van der Waals surface area (Å²) in [6, 6.07) is 8.23. The number of nitrogens with one attached hydrogen (secondary N) is 1. The van der Waals surface area contributed by atoms with Crippen molar-refractivity contribution in [2.45, 2.75) is 19.4 Å². The molecule has 1 N–H and O–H groups in total. The van der Waals surface area contributed by atoms with Crippen molar-refractivity contribution in [3.63, 3.8) is 0 Å². The van der Waals surface area contributed by atoms with E-state index in [9.17, 15) is 0 Å². The molecule has 114 valence electrons. The minimum absolute atomic E-state index is 0.0997. The Hall–Kier alpha value is -1.99. The highest BCUT2D eigenvalue weighted by Crippen LogP contribution is 2.31. The zero-order valence-corrected chi connectivity index (χ0v) is 13.1. The van der Waals surface area contributed by atoms with Crippen molar-refractivity contribution in [1.29, 1.82) is 0 Å². The number of rotatable bonds is 3. The molecule has 2 aromatic heterocycles. The number of para-hydroxylation sites is 1. The summed E-state index contributed by atoms with van der Waals surface area (Å²) in [5.74, 6) is 1.64. The van der Waals surface area contributed by atoms with E-state index in [0.29, 0.717) is 6.61 Å². The first kappa shape index (κ1) is 13.7. The molecule has 0 aliphatic carbocycles. The molecule has 7 heteroatoms. The fraction of sp³-hybridized carbons (Fsp3) is 0.400. The molecule has 0 spiro atoms. The van der Waals surface area contributed by atoms with Gasteiger partial charge in [-0.25, -0.2) is 9.97 Å². The zero-order valence-electron chi connectivity index (χ0n) is 12.3. The number of nitrogens with zero attached hydrogens (tertiary/aromatic N) is 4. The number of H-pyrrole nitrogens is 1. The number of morpholine rings is 1. The van der Waals surface area contributed by atoms with Crippen molar-refractivity contribution in [3.05, 3.63) is 35.9 Å². The number of hydrogen-bond acceptors (Lipinski definition) is 6. The number of fused-ring (bicyclic) bond motifs is 1. The third-order valence-corrected chi connectivity index (χ3v) is 4.89. The second kappa shape index (κ2) is 5.66. The van der Waals surface area contributed by atoms with Gasteiger partial charge in [-0.3, -0.25) is 5.10 Å². The lowest BCUT2D eigenvalue weighted by Gasteiger charge is -2.31. The van der Waals surface area contributed by atoms with Crippen LogP contribution in [0.4, 0.5) is 5.13 Å². The van der Waals surface area contributed by atoms with E-state index >= 15 is 0 Å². The molecule has 1 unspecified atom stereocenters. The van der Waals surface area contributed by atoms with E-state index < -0.39 is 0 Å². The number of anilines is 1. The molecule has 0 radical (unpaired) electrons. The second-order valence-electron chi connectivity index (χ2n) is 5.26. The normalized spacial score (nSPS) is 19.0. The third-order valence-electron chi connectivity index (χ3n) is 3.79. The average Bonchev–Trinajstić information content (AvgIpc) is 3.21. The Morgan fingerprint density at radius 3 is 3.09 bits per heavy atom. The van der Waals surface area contributed by atoms with Gasteiger partial charge in [0.25, 0.3) is 0 Å². The Morgan fingerprint density at radius 1 is 1.36 bits per heavy atom. The molecule has 3 aromatic rings. The van der Waals surface area contributed by atoms with Gasteiger partial charge in [-0.15, -0.1) is 0 Å². The quantitative estimate of drug-likeness (QED) is 0.804. The van der Waals surface area contributed by atoms with Gasteiger partial charge in [0.1, 0.15) is 11.9 Å². The van der Waals surface area contributed by atoms with Gasteiger partial charge in [0.05, 0.1) is 23.4 Å². The largest absolute Gasteiger partial charge is 0.366 e. The fourth-order valence-corrected chi connectivity index (χ4v) is 3.59. The van der Waals surface area contributed by atoms with E-state index in [4.69, 9.17) is 9.72 Å². The zero-order chi connectivity index (χ0) is 14.9. The molecule has 4 rings (SSSR count). The van der Waals surface area contributed by atoms with Crippen molar-refractivity contribution in [3.8, 4) is 0 Å². The Kier molecular flexibility index (Phi) is 3.51. The van der Waals surface area contributed by atoms with Crippen LogP contribution in [0.15, 0.2) is 24.3 Å². The number of ether oxygens (including phenoxy) is 1. The lowest BCUT2D eigenvalue weighted by Crippen LogP contribution is -2.38. The van der Waals surface area contributed by atoms with Crippen LogP contribution in [-0.2, 0) is 11.2 Å². The van der Waals surface area contributed by atoms with Crippen LogP contribution < -0.4 is 4.90 Å². The minimum atomic E-state index is -0.0997. The van der Waals surface area contributed by atoms with Crippen molar-refractivity contribution in [2.75, 3.05) is 24.6 Å². The van der Waals surface area contributed by atoms with Crippen LogP contribution in [0.3, 0.4) is 0 Å². The Balaban J connectivity index is 1.57. The molecule has 0 saturated carbocycles. The molecule has 1 aliphatic heterocycles. The van der Waals surface area contributed by atoms with Crippen LogP contribution in [0, 0.1) is 0 Å². The lowest BCUT2D eigenvalue weighted by molar-refractivity contribution is 0.0342. The summed E-state index contributed by atoms with van der Waals surface area (Å²) in [5.41, 5.74) is 1.05. The first-order chi connectivity index (χ1) is 10.8. The van der Waals surface area contributed by atoms with Gasteiger partial charge in [0, 0.05) is 13.0 Å². The summed E-state index contributed by atoms with van der Waals surface area (Å²) < 4.78 is 7.05. The van der Waals surface area contributed by atoms with Crippen LogP contribution in [0.5, 0.6) is 0 Å². The highest BCUT2D eigenvalue weighted by atomic mass is 32.1. The van der Waals surface area contributed by atoms with Gasteiger partial charge in [0.15, 0.2) is 11.0 Å². The molecular weight excluding hydrogens is 298 g/mol. The van der Waals surface area contributed by atoms with Gasteiger partial charge in [-0.2, -0.15) is 5.10 Å². The molecular formula is C15H17N5OS. The van der Waals surface area contributed by atoms with Gasteiger partial charge in [-0.05, 0) is 12.1 Å². The van der Waals surface area contributed by atoms with Gasteiger partial charge in [-0.1, -0.05) is 30.4 Å². The summed E-state index contributed by atoms with van der Waals surface area (Å²) in [4.78, 5) is 11.5. The average molecular weight is 315 g/mol. The highest BCUT2D eigenvalue weighted by molar-refractivity contribution is 7.22. The van der Waals surface area contributed by atoms with Gasteiger partial charge in [0.2, 0.25) is 0 Å². The topological polar surface area (TPSA) is 66.9 Å². The molecule has 1 aromatic carbocycles. The summed E-state index contributed by atoms with van der Waals surface area (Å²) in [6.07, 6.45) is 0.749. The molecule has 6 nitrogen and oxygen atoms in total. The van der Waals surface area contributed by atoms with Crippen molar-refractivity contribution < 1.29 is 4.74 Å². The maximum atomic E-state index is 5.84. The second-order valence-corrected chi connectivity index (χ2v) is 6.27. The molecule has 22 heavy (non-hydrogen) atoms. The molecule has 1 saturated heterocycles. The smallest absolute Gasteiger partial charge is 0.186 e. The summed E-state index contributed by atoms with van der Waals surface area (Å²) >= 11 is 1.72. The number of thiazole rings is 1. The summed E-state index contributed by atoms with van der Waals surface area (Å²) in [5, 5.41) is 8.28. The van der Waals surface area contributed by atoms with Crippen LogP contribution >= 0.6 is 11.3 Å². The molecule has 1 fully saturated rings. The van der Waals surface area contributed by atoms with E-state index in [1.807, 2.05) is 12.1 Å². The lowest BCUT2D eigenvalue weighted by atomic mass is 10.2. The summed E-state index contributed by atoms with van der Waals surface area (Å²) in [7, 11) is 0. The molecule has 1 atom stereocenters. The van der Waals surface area contributed by atoms with E-state index in [1.165, 1.54) is 4.70 Å².